The Bertz CT molecular complexity index is 831. The summed E-state index contributed by atoms with van der Waals surface area (Å²) in [6, 6.07) is 8.48. The Labute approximate surface area is 144 Å². The molecule has 2 heterocycles. The van der Waals surface area contributed by atoms with Gasteiger partial charge in [0.25, 0.3) is 5.91 Å². The highest BCUT2D eigenvalue weighted by Crippen LogP contribution is 2.24. The van der Waals surface area contributed by atoms with Crippen LogP contribution in [0.2, 0.25) is 0 Å². The van der Waals surface area contributed by atoms with Crippen molar-refractivity contribution in [3.8, 4) is 0 Å². The minimum atomic E-state index is -0.0805. The number of carbonyl (C=O) groups is 1. The van der Waals surface area contributed by atoms with E-state index in [-0.39, 0.29) is 5.91 Å². The molecule has 118 valence electrons. The molecule has 2 aromatic heterocycles. The van der Waals surface area contributed by atoms with E-state index in [1.807, 2.05) is 25.4 Å². The van der Waals surface area contributed by atoms with Crippen molar-refractivity contribution >= 4 is 33.7 Å². The SMILES string of the molecule is Cc1ccc(Cc2cnc(NC(=O)c3csc(C)c3C)s2)cc1. The number of hydrogen-bond donors (Lipinski definition) is 1. The van der Waals surface area contributed by atoms with Gasteiger partial charge in [0, 0.05) is 27.8 Å². The quantitative estimate of drug-likeness (QED) is 0.727. The average Bonchev–Trinajstić information content (AvgIpc) is 3.09. The number of carbonyl (C=O) groups excluding carboxylic acids is 1. The summed E-state index contributed by atoms with van der Waals surface area (Å²) >= 11 is 3.13. The summed E-state index contributed by atoms with van der Waals surface area (Å²) < 4.78 is 0. The van der Waals surface area contributed by atoms with Crippen LogP contribution in [0, 0.1) is 20.8 Å². The molecule has 1 aromatic carbocycles. The predicted molar refractivity (Wildman–Crippen MR) is 97.8 cm³/mol. The topological polar surface area (TPSA) is 42.0 Å². The van der Waals surface area contributed by atoms with Crippen LogP contribution < -0.4 is 5.32 Å². The largest absolute Gasteiger partial charge is 0.298 e. The molecule has 0 atom stereocenters. The van der Waals surface area contributed by atoms with Gasteiger partial charge in [-0.2, -0.15) is 0 Å². The van der Waals surface area contributed by atoms with E-state index in [1.54, 1.807) is 11.3 Å². The van der Waals surface area contributed by atoms with E-state index in [0.717, 1.165) is 22.4 Å². The van der Waals surface area contributed by atoms with Crippen LogP contribution in [0.3, 0.4) is 0 Å². The van der Waals surface area contributed by atoms with E-state index in [4.69, 9.17) is 0 Å². The molecule has 0 spiro atoms. The molecule has 0 radical (unpaired) electrons. The van der Waals surface area contributed by atoms with Crippen molar-refractivity contribution in [1.29, 1.82) is 0 Å². The molecule has 5 heteroatoms. The Morgan fingerprint density at radius 1 is 1.17 bits per heavy atom. The zero-order valence-electron chi connectivity index (χ0n) is 13.3. The van der Waals surface area contributed by atoms with Gasteiger partial charge in [0.15, 0.2) is 5.13 Å². The van der Waals surface area contributed by atoms with E-state index in [0.29, 0.717) is 5.13 Å². The molecule has 1 N–H and O–H groups in total. The summed E-state index contributed by atoms with van der Waals surface area (Å²) in [6.45, 7) is 6.09. The van der Waals surface area contributed by atoms with Crippen LogP contribution in [-0.2, 0) is 6.42 Å². The molecular formula is C18H18N2OS2. The van der Waals surface area contributed by atoms with Gasteiger partial charge in [-0.3, -0.25) is 10.1 Å². The Morgan fingerprint density at radius 2 is 1.91 bits per heavy atom. The molecule has 3 aromatic rings. The number of rotatable bonds is 4. The zero-order chi connectivity index (χ0) is 16.4. The fourth-order valence-corrected chi connectivity index (χ4v) is 3.96. The number of nitrogens with one attached hydrogen (secondary N) is 1. The van der Waals surface area contributed by atoms with Crippen LogP contribution in [0.5, 0.6) is 0 Å². The molecule has 3 rings (SSSR count). The minimum absolute atomic E-state index is 0.0805. The van der Waals surface area contributed by atoms with Crippen LogP contribution >= 0.6 is 22.7 Å². The Hall–Kier alpha value is -1.98. The standard InChI is InChI=1S/C18H18N2OS2/c1-11-4-6-14(7-5-11)8-15-9-19-18(23-15)20-17(21)16-10-22-13(3)12(16)2/h4-7,9-10H,8H2,1-3H3,(H,19,20,21). The van der Waals surface area contributed by atoms with Gasteiger partial charge in [-0.1, -0.05) is 29.8 Å². The molecule has 0 aliphatic carbocycles. The van der Waals surface area contributed by atoms with Gasteiger partial charge in [-0.15, -0.1) is 22.7 Å². The molecule has 0 bridgehead atoms. The van der Waals surface area contributed by atoms with Crippen molar-refractivity contribution in [2.45, 2.75) is 27.2 Å². The number of amides is 1. The van der Waals surface area contributed by atoms with Gasteiger partial charge in [-0.05, 0) is 31.9 Å². The lowest BCUT2D eigenvalue weighted by Crippen LogP contribution is -2.11. The molecule has 3 nitrogen and oxygen atoms in total. The molecule has 0 unspecified atom stereocenters. The lowest BCUT2D eigenvalue weighted by Gasteiger charge is -2.01. The number of hydrogen-bond acceptors (Lipinski definition) is 4. The van der Waals surface area contributed by atoms with Gasteiger partial charge in [0.2, 0.25) is 0 Å². The third-order valence-corrected chi connectivity index (χ3v) is 5.73. The third kappa shape index (κ3) is 3.68. The highest BCUT2D eigenvalue weighted by molar-refractivity contribution is 7.15. The van der Waals surface area contributed by atoms with Gasteiger partial charge in [0.1, 0.15) is 0 Å². The zero-order valence-corrected chi connectivity index (χ0v) is 15.0. The second kappa shape index (κ2) is 6.64. The fraction of sp³-hybridized carbons (Fsp3) is 0.222. The summed E-state index contributed by atoms with van der Waals surface area (Å²) in [4.78, 5) is 19.0. The number of aryl methyl sites for hydroxylation is 2. The van der Waals surface area contributed by atoms with Crippen molar-refractivity contribution in [1.82, 2.24) is 4.98 Å². The maximum absolute atomic E-state index is 12.3. The van der Waals surface area contributed by atoms with Crippen molar-refractivity contribution in [3.05, 3.63) is 67.9 Å². The van der Waals surface area contributed by atoms with E-state index >= 15 is 0 Å². The first-order valence-corrected chi connectivity index (χ1v) is 9.09. The predicted octanol–water partition coefficient (Wildman–Crippen LogP) is 4.97. The number of nitrogens with zero attached hydrogens (tertiary/aromatic N) is 1. The lowest BCUT2D eigenvalue weighted by molar-refractivity contribution is 0.102. The first-order valence-electron chi connectivity index (χ1n) is 7.39. The number of aromatic nitrogens is 1. The minimum Gasteiger partial charge on any atom is -0.298 e. The van der Waals surface area contributed by atoms with Crippen molar-refractivity contribution in [2.75, 3.05) is 5.32 Å². The van der Waals surface area contributed by atoms with Crippen LogP contribution in [0.1, 0.15) is 36.8 Å². The smallest absolute Gasteiger partial charge is 0.258 e. The highest BCUT2D eigenvalue weighted by Gasteiger charge is 2.14. The normalized spacial score (nSPS) is 10.7. The average molecular weight is 342 g/mol. The maximum Gasteiger partial charge on any atom is 0.258 e. The summed E-state index contributed by atoms with van der Waals surface area (Å²) in [7, 11) is 0. The number of thiophene rings is 1. The van der Waals surface area contributed by atoms with Crippen molar-refractivity contribution in [2.24, 2.45) is 0 Å². The number of thiazole rings is 1. The summed E-state index contributed by atoms with van der Waals surface area (Å²) in [5, 5.41) is 5.46. The Kier molecular flexibility index (Phi) is 4.59. The van der Waals surface area contributed by atoms with E-state index in [2.05, 4.69) is 41.5 Å². The van der Waals surface area contributed by atoms with Gasteiger partial charge >= 0.3 is 0 Å². The van der Waals surface area contributed by atoms with Gasteiger partial charge in [-0.25, -0.2) is 4.98 Å². The molecule has 23 heavy (non-hydrogen) atoms. The summed E-state index contributed by atoms with van der Waals surface area (Å²) in [5.41, 5.74) is 4.29. The first kappa shape index (κ1) is 15.9. The van der Waals surface area contributed by atoms with E-state index in [9.17, 15) is 4.79 Å². The molecular weight excluding hydrogens is 324 g/mol. The van der Waals surface area contributed by atoms with Crippen molar-refractivity contribution < 1.29 is 4.79 Å². The lowest BCUT2D eigenvalue weighted by atomic mass is 10.1. The molecule has 0 aliphatic heterocycles. The molecule has 1 amide bonds. The second-order valence-electron chi connectivity index (χ2n) is 5.58. The molecule has 0 saturated heterocycles. The maximum atomic E-state index is 12.3. The number of benzene rings is 1. The van der Waals surface area contributed by atoms with Gasteiger partial charge in [0.05, 0.1) is 5.56 Å². The monoisotopic (exact) mass is 342 g/mol. The molecule has 0 saturated carbocycles. The Balaban J connectivity index is 1.68. The highest BCUT2D eigenvalue weighted by atomic mass is 32.1. The van der Waals surface area contributed by atoms with Crippen LogP contribution in [-0.4, -0.2) is 10.9 Å². The van der Waals surface area contributed by atoms with E-state index in [1.165, 1.54) is 27.3 Å². The first-order chi connectivity index (χ1) is 11.0. The second-order valence-corrected chi connectivity index (χ2v) is 7.78. The Morgan fingerprint density at radius 3 is 2.57 bits per heavy atom. The van der Waals surface area contributed by atoms with Gasteiger partial charge < -0.3 is 0 Å². The number of anilines is 1. The fourth-order valence-electron chi connectivity index (χ4n) is 2.26. The molecule has 0 aliphatic rings. The summed E-state index contributed by atoms with van der Waals surface area (Å²) in [6.07, 6.45) is 2.68. The van der Waals surface area contributed by atoms with Crippen LogP contribution in [0.4, 0.5) is 5.13 Å². The third-order valence-electron chi connectivity index (χ3n) is 3.80. The molecule has 0 fully saturated rings. The van der Waals surface area contributed by atoms with Crippen LogP contribution in [0.15, 0.2) is 35.8 Å². The van der Waals surface area contributed by atoms with E-state index < -0.39 is 0 Å². The summed E-state index contributed by atoms with van der Waals surface area (Å²) in [5.74, 6) is -0.0805. The van der Waals surface area contributed by atoms with Crippen molar-refractivity contribution in [3.63, 3.8) is 0 Å². The van der Waals surface area contributed by atoms with Crippen LogP contribution in [0.25, 0.3) is 0 Å².